The van der Waals surface area contributed by atoms with E-state index in [2.05, 4.69) is 23.3 Å². The molecule has 0 aliphatic heterocycles. The summed E-state index contributed by atoms with van der Waals surface area (Å²) in [6, 6.07) is 4.04. The van der Waals surface area contributed by atoms with E-state index in [1.54, 1.807) is 0 Å². The summed E-state index contributed by atoms with van der Waals surface area (Å²) in [4.78, 5) is 4.28. The van der Waals surface area contributed by atoms with Crippen LogP contribution in [0.3, 0.4) is 0 Å². The van der Waals surface area contributed by atoms with Gasteiger partial charge in [-0.05, 0) is 25.5 Å². The predicted octanol–water partition coefficient (Wildman–Crippen LogP) is 1.74. The minimum Gasteiger partial charge on any atom is -0.373 e. The van der Waals surface area contributed by atoms with Gasteiger partial charge in [-0.25, -0.2) is 4.98 Å². The summed E-state index contributed by atoms with van der Waals surface area (Å²) in [5, 5.41) is 2.98. The van der Waals surface area contributed by atoms with Gasteiger partial charge in [-0.3, -0.25) is 0 Å². The third-order valence-corrected chi connectivity index (χ3v) is 1.61. The van der Waals surface area contributed by atoms with E-state index in [4.69, 9.17) is 0 Å². The number of rotatable bonds is 1. The zero-order valence-corrected chi connectivity index (χ0v) is 6.60. The fourth-order valence-electron chi connectivity index (χ4n) is 0.770. The highest BCUT2D eigenvalue weighted by Crippen LogP contribution is 2.07. The Kier molecular flexibility index (Phi) is 1.90. The fraction of sp³-hybridized carbons (Fsp3) is 0.375. The lowest BCUT2D eigenvalue weighted by Crippen LogP contribution is -1.94. The van der Waals surface area contributed by atoms with E-state index in [1.807, 2.05) is 20.0 Å². The van der Waals surface area contributed by atoms with Crippen molar-refractivity contribution in [1.82, 2.24) is 4.98 Å². The van der Waals surface area contributed by atoms with Crippen LogP contribution in [0, 0.1) is 13.8 Å². The lowest BCUT2D eigenvalue weighted by Gasteiger charge is -2.01. The van der Waals surface area contributed by atoms with Gasteiger partial charge in [-0.15, -0.1) is 0 Å². The van der Waals surface area contributed by atoms with Gasteiger partial charge >= 0.3 is 0 Å². The van der Waals surface area contributed by atoms with Crippen LogP contribution in [0.15, 0.2) is 12.1 Å². The molecule has 0 radical (unpaired) electrons. The third kappa shape index (κ3) is 1.26. The van der Waals surface area contributed by atoms with Crippen molar-refractivity contribution in [2.45, 2.75) is 13.8 Å². The molecule has 0 unspecified atom stereocenters. The Hall–Kier alpha value is -1.05. The first kappa shape index (κ1) is 7.06. The summed E-state index contributed by atoms with van der Waals surface area (Å²) in [5.74, 6) is 0.933. The normalized spacial score (nSPS) is 9.50. The highest BCUT2D eigenvalue weighted by atomic mass is 15.0. The number of aromatic nitrogens is 1. The van der Waals surface area contributed by atoms with Crippen molar-refractivity contribution in [2.75, 3.05) is 12.4 Å². The maximum absolute atomic E-state index is 4.28. The highest BCUT2D eigenvalue weighted by Gasteiger charge is 1.93. The van der Waals surface area contributed by atoms with Crippen LogP contribution < -0.4 is 5.32 Å². The number of pyridine rings is 1. The maximum atomic E-state index is 4.28. The van der Waals surface area contributed by atoms with E-state index in [9.17, 15) is 0 Å². The van der Waals surface area contributed by atoms with Crippen molar-refractivity contribution in [2.24, 2.45) is 0 Å². The molecular formula is C8H12N2. The lowest BCUT2D eigenvalue weighted by atomic mass is 10.2. The van der Waals surface area contributed by atoms with Gasteiger partial charge in [0.15, 0.2) is 0 Å². The Labute approximate surface area is 61.3 Å². The second kappa shape index (κ2) is 2.69. The molecule has 0 amide bonds. The minimum atomic E-state index is 0.933. The van der Waals surface area contributed by atoms with Gasteiger partial charge in [0.05, 0.1) is 0 Å². The smallest absolute Gasteiger partial charge is 0.125 e. The van der Waals surface area contributed by atoms with E-state index in [0.717, 1.165) is 11.5 Å². The van der Waals surface area contributed by atoms with E-state index in [0.29, 0.717) is 0 Å². The lowest BCUT2D eigenvalue weighted by molar-refractivity contribution is 1.14. The standard InChI is InChI=1S/C8H12N2/c1-6-4-5-8(9-3)10-7(6)2/h4-5H,1-3H3,(H,9,10). The van der Waals surface area contributed by atoms with Crippen LogP contribution >= 0.6 is 0 Å². The molecule has 0 fully saturated rings. The van der Waals surface area contributed by atoms with Crippen LogP contribution in [-0.2, 0) is 0 Å². The van der Waals surface area contributed by atoms with Crippen molar-refractivity contribution >= 4 is 5.82 Å². The number of nitrogens with zero attached hydrogens (tertiary/aromatic N) is 1. The Morgan fingerprint density at radius 3 is 2.50 bits per heavy atom. The molecule has 0 spiro atoms. The molecule has 2 nitrogen and oxygen atoms in total. The summed E-state index contributed by atoms with van der Waals surface area (Å²) in [5.41, 5.74) is 2.32. The Morgan fingerprint density at radius 1 is 1.30 bits per heavy atom. The molecule has 10 heavy (non-hydrogen) atoms. The Morgan fingerprint density at radius 2 is 2.00 bits per heavy atom. The molecule has 0 saturated carbocycles. The first-order chi connectivity index (χ1) is 4.74. The monoisotopic (exact) mass is 136 g/mol. The quantitative estimate of drug-likeness (QED) is 0.636. The number of nitrogens with one attached hydrogen (secondary N) is 1. The predicted molar refractivity (Wildman–Crippen MR) is 43.3 cm³/mol. The maximum Gasteiger partial charge on any atom is 0.125 e. The average Bonchev–Trinajstić information content (AvgIpc) is 1.95. The van der Waals surface area contributed by atoms with Crippen molar-refractivity contribution < 1.29 is 0 Å². The van der Waals surface area contributed by atoms with Crippen molar-refractivity contribution in [3.05, 3.63) is 23.4 Å². The molecule has 0 aliphatic carbocycles. The molecular weight excluding hydrogens is 124 g/mol. The molecule has 0 aromatic carbocycles. The van der Waals surface area contributed by atoms with E-state index >= 15 is 0 Å². The van der Waals surface area contributed by atoms with Gasteiger partial charge < -0.3 is 5.32 Å². The van der Waals surface area contributed by atoms with Crippen LogP contribution in [0.25, 0.3) is 0 Å². The van der Waals surface area contributed by atoms with Crippen molar-refractivity contribution in [3.8, 4) is 0 Å². The molecule has 1 rings (SSSR count). The second-order valence-corrected chi connectivity index (χ2v) is 2.35. The van der Waals surface area contributed by atoms with Gasteiger partial charge in [-0.1, -0.05) is 6.07 Å². The summed E-state index contributed by atoms with van der Waals surface area (Å²) < 4.78 is 0. The molecule has 1 heterocycles. The largest absolute Gasteiger partial charge is 0.373 e. The van der Waals surface area contributed by atoms with Crippen LogP contribution in [0.2, 0.25) is 0 Å². The highest BCUT2D eigenvalue weighted by molar-refractivity contribution is 5.37. The van der Waals surface area contributed by atoms with Gasteiger partial charge in [-0.2, -0.15) is 0 Å². The first-order valence-electron chi connectivity index (χ1n) is 3.36. The zero-order valence-electron chi connectivity index (χ0n) is 6.60. The third-order valence-electron chi connectivity index (χ3n) is 1.61. The Bertz CT molecular complexity index is 231. The molecule has 0 aliphatic rings. The SMILES string of the molecule is CNc1ccc(C)c(C)n1. The number of anilines is 1. The van der Waals surface area contributed by atoms with Crippen molar-refractivity contribution in [3.63, 3.8) is 0 Å². The summed E-state index contributed by atoms with van der Waals surface area (Å²) in [7, 11) is 1.87. The van der Waals surface area contributed by atoms with E-state index in [-0.39, 0.29) is 0 Å². The van der Waals surface area contributed by atoms with E-state index in [1.165, 1.54) is 5.56 Å². The molecule has 0 saturated heterocycles. The first-order valence-corrected chi connectivity index (χ1v) is 3.36. The molecule has 1 aromatic heterocycles. The summed E-state index contributed by atoms with van der Waals surface area (Å²) in [6.07, 6.45) is 0. The second-order valence-electron chi connectivity index (χ2n) is 2.35. The molecule has 0 atom stereocenters. The fourth-order valence-corrected chi connectivity index (χ4v) is 0.770. The number of hydrogen-bond acceptors (Lipinski definition) is 2. The topological polar surface area (TPSA) is 24.9 Å². The van der Waals surface area contributed by atoms with E-state index < -0.39 is 0 Å². The number of hydrogen-bond donors (Lipinski definition) is 1. The molecule has 0 bridgehead atoms. The minimum absolute atomic E-state index is 0.933. The molecule has 1 N–H and O–H groups in total. The number of aryl methyl sites for hydroxylation is 2. The molecule has 1 aromatic rings. The molecule has 54 valence electrons. The average molecular weight is 136 g/mol. The van der Waals surface area contributed by atoms with Gasteiger partial charge in [0.1, 0.15) is 5.82 Å². The van der Waals surface area contributed by atoms with Crippen LogP contribution in [0.4, 0.5) is 5.82 Å². The van der Waals surface area contributed by atoms with Gasteiger partial charge in [0, 0.05) is 12.7 Å². The van der Waals surface area contributed by atoms with Crippen LogP contribution in [0.5, 0.6) is 0 Å². The van der Waals surface area contributed by atoms with Crippen LogP contribution in [-0.4, -0.2) is 12.0 Å². The van der Waals surface area contributed by atoms with Crippen molar-refractivity contribution in [1.29, 1.82) is 0 Å². The Balaban J connectivity index is 3.04. The zero-order chi connectivity index (χ0) is 7.56. The van der Waals surface area contributed by atoms with Gasteiger partial charge in [0.2, 0.25) is 0 Å². The van der Waals surface area contributed by atoms with Gasteiger partial charge in [0.25, 0.3) is 0 Å². The summed E-state index contributed by atoms with van der Waals surface area (Å²) in [6.45, 7) is 4.07. The van der Waals surface area contributed by atoms with Crippen LogP contribution in [0.1, 0.15) is 11.3 Å². The molecule has 2 heteroatoms. The summed E-state index contributed by atoms with van der Waals surface area (Å²) >= 11 is 0.